The van der Waals surface area contributed by atoms with Crippen molar-refractivity contribution in [2.24, 2.45) is 0 Å². The minimum absolute atomic E-state index is 0.0288. The summed E-state index contributed by atoms with van der Waals surface area (Å²) in [6.07, 6.45) is 0.820. The van der Waals surface area contributed by atoms with Crippen LogP contribution in [0.1, 0.15) is 13.3 Å². The predicted molar refractivity (Wildman–Crippen MR) is 74.0 cm³/mol. The number of rotatable bonds is 5. The van der Waals surface area contributed by atoms with E-state index >= 15 is 0 Å². The summed E-state index contributed by atoms with van der Waals surface area (Å²) in [7, 11) is 0. The molecular weight excluding hydrogens is 280 g/mol. The van der Waals surface area contributed by atoms with Crippen LogP contribution in [-0.2, 0) is 4.79 Å². The number of halogens is 2. The van der Waals surface area contributed by atoms with Gasteiger partial charge in [-0.1, -0.05) is 6.92 Å². The Kier molecular flexibility index (Phi) is 4.72. The van der Waals surface area contributed by atoms with Crippen molar-refractivity contribution in [1.29, 1.82) is 0 Å². The fraction of sp³-hybridized carbons (Fsp3) is 0.429. The van der Waals surface area contributed by atoms with E-state index < -0.39 is 11.6 Å². The zero-order valence-corrected chi connectivity index (χ0v) is 11.7. The number of urea groups is 1. The van der Waals surface area contributed by atoms with Crippen LogP contribution in [0.15, 0.2) is 18.2 Å². The van der Waals surface area contributed by atoms with E-state index in [-0.39, 0.29) is 24.2 Å². The van der Waals surface area contributed by atoms with Crippen molar-refractivity contribution >= 4 is 17.6 Å². The molecule has 0 aliphatic carbocycles. The van der Waals surface area contributed by atoms with Crippen molar-refractivity contribution < 1.29 is 18.4 Å². The van der Waals surface area contributed by atoms with Gasteiger partial charge in [-0.3, -0.25) is 9.69 Å². The number of nitrogens with zero attached hydrogens (tertiary/aromatic N) is 2. The monoisotopic (exact) mass is 297 g/mol. The largest absolute Gasteiger partial charge is 0.355 e. The summed E-state index contributed by atoms with van der Waals surface area (Å²) in [5.41, 5.74) is 0.287. The summed E-state index contributed by atoms with van der Waals surface area (Å²) in [5, 5.41) is 2.69. The number of hydrogen-bond donors (Lipinski definition) is 1. The van der Waals surface area contributed by atoms with Crippen LogP contribution in [0.2, 0.25) is 0 Å². The molecule has 0 saturated carbocycles. The second-order valence-electron chi connectivity index (χ2n) is 4.80. The normalized spacial score (nSPS) is 14.7. The average Bonchev–Trinajstić information content (AvgIpc) is 2.81. The third-order valence-corrected chi connectivity index (χ3v) is 3.22. The highest BCUT2D eigenvalue weighted by Crippen LogP contribution is 2.22. The molecule has 0 radical (unpaired) electrons. The predicted octanol–water partition coefficient (Wildman–Crippen LogP) is 1.73. The molecule has 0 bridgehead atoms. The van der Waals surface area contributed by atoms with E-state index in [0.717, 1.165) is 18.6 Å². The fourth-order valence-corrected chi connectivity index (χ4v) is 2.12. The van der Waals surface area contributed by atoms with E-state index in [0.29, 0.717) is 19.6 Å². The number of carbonyl (C=O) groups is 2. The van der Waals surface area contributed by atoms with Gasteiger partial charge >= 0.3 is 6.03 Å². The maximum Gasteiger partial charge on any atom is 0.325 e. The second kappa shape index (κ2) is 6.51. The Bertz CT molecular complexity index is 551. The third-order valence-electron chi connectivity index (χ3n) is 3.22. The molecule has 1 aliphatic rings. The molecule has 1 saturated heterocycles. The van der Waals surface area contributed by atoms with Crippen LogP contribution in [-0.4, -0.2) is 43.0 Å². The molecule has 0 aromatic heterocycles. The van der Waals surface area contributed by atoms with Gasteiger partial charge in [0.25, 0.3) is 0 Å². The lowest BCUT2D eigenvalue weighted by Crippen LogP contribution is -2.40. The van der Waals surface area contributed by atoms with Crippen molar-refractivity contribution in [3.05, 3.63) is 29.8 Å². The summed E-state index contributed by atoms with van der Waals surface area (Å²) in [6, 6.07) is 2.92. The van der Waals surface area contributed by atoms with E-state index in [2.05, 4.69) is 5.32 Å². The first kappa shape index (κ1) is 15.2. The molecule has 0 spiro atoms. The molecule has 7 heteroatoms. The zero-order valence-electron chi connectivity index (χ0n) is 11.7. The quantitative estimate of drug-likeness (QED) is 0.900. The Morgan fingerprint density at radius 2 is 2.05 bits per heavy atom. The molecule has 3 amide bonds. The second-order valence-corrected chi connectivity index (χ2v) is 4.80. The summed E-state index contributed by atoms with van der Waals surface area (Å²) in [5.74, 6) is -2.18. The Labute approximate surface area is 121 Å². The van der Waals surface area contributed by atoms with Crippen LogP contribution in [0.5, 0.6) is 0 Å². The summed E-state index contributed by atoms with van der Waals surface area (Å²) in [4.78, 5) is 26.5. The van der Waals surface area contributed by atoms with Crippen LogP contribution in [0, 0.1) is 11.6 Å². The molecule has 1 aliphatic heterocycles. The van der Waals surface area contributed by atoms with Crippen molar-refractivity contribution in [3.8, 4) is 0 Å². The van der Waals surface area contributed by atoms with Gasteiger partial charge in [0.2, 0.25) is 5.91 Å². The van der Waals surface area contributed by atoms with Gasteiger partial charge in [0.05, 0.1) is 0 Å². The third kappa shape index (κ3) is 3.48. The molecule has 1 aromatic carbocycles. The van der Waals surface area contributed by atoms with Gasteiger partial charge in [0.1, 0.15) is 6.54 Å². The van der Waals surface area contributed by atoms with Crippen LogP contribution in [0.25, 0.3) is 0 Å². The number of nitrogens with one attached hydrogen (secondary N) is 1. The highest BCUT2D eigenvalue weighted by Gasteiger charge is 2.31. The fourth-order valence-electron chi connectivity index (χ4n) is 2.12. The van der Waals surface area contributed by atoms with Crippen molar-refractivity contribution in [2.45, 2.75) is 13.3 Å². The number of anilines is 1. The molecule has 21 heavy (non-hydrogen) atoms. The van der Waals surface area contributed by atoms with Crippen LogP contribution in [0.3, 0.4) is 0 Å². The molecule has 2 rings (SSSR count). The summed E-state index contributed by atoms with van der Waals surface area (Å²) in [6.45, 7) is 3.18. The number of amides is 3. The van der Waals surface area contributed by atoms with Crippen molar-refractivity contribution in [1.82, 2.24) is 10.2 Å². The Balaban J connectivity index is 2.00. The van der Waals surface area contributed by atoms with Crippen LogP contribution < -0.4 is 10.2 Å². The van der Waals surface area contributed by atoms with Gasteiger partial charge in [0, 0.05) is 31.4 Å². The summed E-state index contributed by atoms with van der Waals surface area (Å²) >= 11 is 0. The SMILES string of the molecule is CCCNC(=O)CN1CCN(c2ccc(F)c(F)c2)C1=O. The average molecular weight is 297 g/mol. The van der Waals surface area contributed by atoms with Gasteiger partial charge in [-0.2, -0.15) is 0 Å². The maximum absolute atomic E-state index is 13.2. The topological polar surface area (TPSA) is 52.7 Å². The molecule has 1 fully saturated rings. The van der Waals surface area contributed by atoms with E-state index in [1.165, 1.54) is 15.9 Å². The minimum atomic E-state index is -1.00. The van der Waals surface area contributed by atoms with Gasteiger partial charge in [-0.05, 0) is 18.6 Å². The number of hydrogen-bond acceptors (Lipinski definition) is 2. The Morgan fingerprint density at radius 1 is 1.29 bits per heavy atom. The number of carbonyl (C=O) groups excluding carboxylic acids is 2. The van der Waals surface area contributed by atoms with E-state index in [1.807, 2.05) is 6.92 Å². The first-order valence-electron chi connectivity index (χ1n) is 6.81. The lowest BCUT2D eigenvalue weighted by Gasteiger charge is -2.18. The molecule has 0 unspecified atom stereocenters. The Hall–Kier alpha value is -2.18. The molecule has 1 aromatic rings. The van der Waals surface area contributed by atoms with Gasteiger partial charge in [0.15, 0.2) is 11.6 Å². The molecule has 1 N–H and O–H groups in total. The molecule has 1 heterocycles. The highest BCUT2D eigenvalue weighted by molar-refractivity contribution is 5.96. The van der Waals surface area contributed by atoms with Crippen molar-refractivity contribution in [3.63, 3.8) is 0 Å². The van der Waals surface area contributed by atoms with Crippen molar-refractivity contribution in [2.75, 3.05) is 31.1 Å². The smallest absolute Gasteiger partial charge is 0.325 e. The molecule has 114 valence electrons. The van der Waals surface area contributed by atoms with E-state index in [1.54, 1.807) is 0 Å². The van der Waals surface area contributed by atoms with Gasteiger partial charge in [-0.25, -0.2) is 13.6 Å². The lowest BCUT2D eigenvalue weighted by atomic mass is 10.3. The molecule has 5 nitrogen and oxygen atoms in total. The first-order chi connectivity index (χ1) is 10.0. The minimum Gasteiger partial charge on any atom is -0.355 e. The first-order valence-corrected chi connectivity index (χ1v) is 6.81. The lowest BCUT2D eigenvalue weighted by molar-refractivity contribution is -0.121. The van der Waals surface area contributed by atoms with E-state index in [9.17, 15) is 18.4 Å². The highest BCUT2D eigenvalue weighted by atomic mass is 19.2. The van der Waals surface area contributed by atoms with Crippen LogP contribution in [0.4, 0.5) is 19.3 Å². The van der Waals surface area contributed by atoms with Gasteiger partial charge < -0.3 is 10.2 Å². The van der Waals surface area contributed by atoms with Gasteiger partial charge in [-0.15, -0.1) is 0 Å². The standard InChI is InChI=1S/C14H17F2N3O2/c1-2-5-17-13(20)9-18-6-7-19(14(18)21)10-3-4-11(15)12(16)8-10/h3-4,8H,2,5-7,9H2,1H3,(H,17,20). The number of benzene rings is 1. The Morgan fingerprint density at radius 3 is 2.71 bits per heavy atom. The summed E-state index contributed by atoms with van der Waals surface area (Å²) < 4.78 is 26.1. The maximum atomic E-state index is 13.2. The molecular formula is C14H17F2N3O2. The zero-order chi connectivity index (χ0) is 15.4. The molecule has 0 atom stereocenters. The van der Waals surface area contributed by atoms with Crippen LogP contribution >= 0.6 is 0 Å². The van der Waals surface area contributed by atoms with E-state index in [4.69, 9.17) is 0 Å².